The standard InChI is InChI=1S/C19H26N3PS/c1-16-5-2-3-6-18(16)14-24-19-17(7-4-8-20-19)13-21-9-11-22(15-23)12-10-21/h2-8H,9-15,23H2,1H3. The van der Waals surface area contributed by atoms with Crippen LogP contribution in [0.2, 0.25) is 0 Å². The fourth-order valence-electron chi connectivity index (χ4n) is 2.96. The number of rotatable bonds is 6. The molecule has 0 N–H and O–H groups in total. The van der Waals surface area contributed by atoms with E-state index in [-0.39, 0.29) is 0 Å². The van der Waals surface area contributed by atoms with Crippen molar-refractivity contribution in [3.63, 3.8) is 0 Å². The number of pyridine rings is 1. The molecule has 2 aromatic rings. The van der Waals surface area contributed by atoms with Crippen LogP contribution in [0, 0.1) is 6.92 Å². The molecule has 2 heterocycles. The SMILES string of the molecule is Cc1ccccc1CSc1ncccc1CN1CCN(CP)CC1. The predicted octanol–water partition coefficient (Wildman–Crippen LogP) is 3.63. The normalized spacial score (nSPS) is 16.4. The molecule has 1 aromatic heterocycles. The highest BCUT2D eigenvalue weighted by Gasteiger charge is 2.17. The van der Waals surface area contributed by atoms with E-state index in [0.717, 1.165) is 44.8 Å². The molecule has 1 atom stereocenters. The second kappa shape index (κ2) is 8.96. The highest BCUT2D eigenvalue weighted by molar-refractivity contribution is 7.98. The lowest BCUT2D eigenvalue weighted by Gasteiger charge is -2.34. The molecule has 0 radical (unpaired) electrons. The number of benzene rings is 1. The molecule has 1 aromatic carbocycles. The summed E-state index contributed by atoms with van der Waals surface area (Å²) < 4.78 is 0. The van der Waals surface area contributed by atoms with Crippen molar-refractivity contribution in [3.05, 3.63) is 59.3 Å². The van der Waals surface area contributed by atoms with Crippen LogP contribution in [-0.4, -0.2) is 47.2 Å². The van der Waals surface area contributed by atoms with Crippen molar-refractivity contribution in [2.45, 2.75) is 24.2 Å². The molecular weight excluding hydrogens is 333 g/mol. The van der Waals surface area contributed by atoms with Gasteiger partial charge in [0.05, 0.1) is 0 Å². The van der Waals surface area contributed by atoms with E-state index in [1.165, 1.54) is 21.7 Å². The zero-order valence-electron chi connectivity index (χ0n) is 14.3. The van der Waals surface area contributed by atoms with Crippen LogP contribution < -0.4 is 0 Å². The zero-order valence-corrected chi connectivity index (χ0v) is 16.3. The van der Waals surface area contributed by atoms with E-state index in [4.69, 9.17) is 0 Å². The van der Waals surface area contributed by atoms with Crippen LogP contribution in [0.15, 0.2) is 47.6 Å². The van der Waals surface area contributed by atoms with Crippen LogP contribution in [0.25, 0.3) is 0 Å². The summed E-state index contributed by atoms with van der Waals surface area (Å²) in [7, 11) is 2.83. The summed E-state index contributed by atoms with van der Waals surface area (Å²) in [4.78, 5) is 9.67. The Morgan fingerprint density at radius 2 is 1.71 bits per heavy atom. The molecule has 3 rings (SSSR count). The quantitative estimate of drug-likeness (QED) is 0.579. The molecule has 1 fully saturated rings. The average Bonchev–Trinajstić information content (AvgIpc) is 2.63. The van der Waals surface area contributed by atoms with Crippen LogP contribution in [0.3, 0.4) is 0 Å². The number of hydrogen-bond acceptors (Lipinski definition) is 4. The lowest BCUT2D eigenvalue weighted by atomic mass is 10.1. The van der Waals surface area contributed by atoms with Crippen LogP contribution in [0.4, 0.5) is 0 Å². The summed E-state index contributed by atoms with van der Waals surface area (Å²) in [5, 5.41) is 1.18. The monoisotopic (exact) mass is 359 g/mol. The first-order valence-corrected chi connectivity index (χ1v) is 10.3. The third-order valence-corrected chi connectivity index (χ3v) is 6.21. The zero-order chi connectivity index (χ0) is 16.8. The molecule has 0 bridgehead atoms. The summed E-state index contributed by atoms with van der Waals surface area (Å²) in [6, 6.07) is 12.9. The molecule has 0 aliphatic carbocycles. The summed E-state index contributed by atoms with van der Waals surface area (Å²) in [6.45, 7) is 7.80. The van der Waals surface area contributed by atoms with E-state index >= 15 is 0 Å². The molecule has 24 heavy (non-hydrogen) atoms. The molecule has 1 aliphatic heterocycles. The number of thioether (sulfide) groups is 1. The summed E-state index contributed by atoms with van der Waals surface area (Å²) in [5.41, 5.74) is 4.11. The van der Waals surface area contributed by atoms with Gasteiger partial charge in [0.25, 0.3) is 0 Å². The molecule has 128 valence electrons. The Balaban J connectivity index is 1.62. The van der Waals surface area contributed by atoms with E-state index in [1.54, 1.807) is 0 Å². The molecule has 1 unspecified atom stereocenters. The second-order valence-electron chi connectivity index (χ2n) is 6.26. The third-order valence-electron chi connectivity index (χ3n) is 4.59. The molecular formula is C19H26N3PS. The maximum atomic E-state index is 4.64. The second-order valence-corrected chi connectivity index (χ2v) is 7.59. The summed E-state index contributed by atoms with van der Waals surface area (Å²) >= 11 is 1.86. The molecule has 1 saturated heterocycles. The third kappa shape index (κ3) is 4.80. The Kier molecular flexibility index (Phi) is 6.67. The van der Waals surface area contributed by atoms with Crippen LogP contribution >= 0.6 is 21.0 Å². The van der Waals surface area contributed by atoms with Gasteiger partial charge in [-0.15, -0.1) is 21.0 Å². The van der Waals surface area contributed by atoms with Gasteiger partial charge in [-0.25, -0.2) is 4.98 Å². The first kappa shape index (κ1) is 17.9. The van der Waals surface area contributed by atoms with E-state index in [2.05, 4.69) is 67.3 Å². The largest absolute Gasteiger partial charge is 0.297 e. The molecule has 1 aliphatic rings. The Labute approximate surface area is 152 Å². The number of hydrogen-bond donors (Lipinski definition) is 0. The Hall–Kier alpha value is -0.930. The Morgan fingerprint density at radius 3 is 2.46 bits per heavy atom. The Bertz CT molecular complexity index is 657. The summed E-state index contributed by atoms with van der Waals surface area (Å²) in [5.74, 6) is 0.984. The van der Waals surface area contributed by atoms with Crippen molar-refractivity contribution in [3.8, 4) is 0 Å². The maximum absolute atomic E-state index is 4.64. The highest BCUT2D eigenvalue weighted by atomic mass is 32.2. The molecule has 0 amide bonds. The van der Waals surface area contributed by atoms with Gasteiger partial charge in [-0.3, -0.25) is 9.80 Å². The van der Waals surface area contributed by atoms with Crippen LogP contribution in [0.5, 0.6) is 0 Å². The topological polar surface area (TPSA) is 19.4 Å². The van der Waals surface area contributed by atoms with E-state index < -0.39 is 0 Å². The van der Waals surface area contributed by atoms with Gasteiger partial charge < -0.3 is 0 Å². The van der Waals surface area contributed by atoms with Crippen molar-refractivity contribution in [1.82, 2.24) is 14.8 Å². The van der Waals surface area contributed by atoms with E-state index in [1.807, 2.05) is 18.0 Å². The van der Waals surface area contributed by atoms with Gasteiger partial charge >= 0.3 is 0 Å². The smallest absolute Gasteiger partial charge is 0.101 e. The molecule has 3 nitrogen and oxygen atoms in total. The molecule has 0 spiro atoms. The lowest BCUT2D eigenvalue weighted by Crippen LogP contribution is -2.45. The van der Waals surface area contributed by atoms with Gasteiger partial charge in [-0.1, -0.05) is 30.3 Å². The summed E-state index contributed by atoms with van der Waals surface area (Å²) in [6.07, 6.45) is 2.99. The number of nitrogens with zero attached hydrogens (tertiary/aromatic N) is 3. The minimum Gasteiger partial charge on any atom is -0.297 e. The predicted molar refractivity (Wildman–Crippen MR) is 106 cm³/mol. The van der Waals surface area contributed by atoms with Crippen molar-refractivity contribution in [2.24, 2.45) is 0 Å². The number of aromatic nitrogens is 1. The van der Waals surface area contributed by atoms with Gasteiger partial charge in [-0.2, -0.15) is 0 Å². The first-order valence-electron chi connectivity index (χ1n) is 8.52. The van der Waals surface area contributed by atoms with Gasteiger partial charge in [-0.05, 0) is 29.7 Å². The average molecular weight is 359 g/mol. The van der Waals surface area contributed by atoms with Crippen LogP contribution in [0.1, 0.15) is 16.7 Å². The van der Waals surface area contributed by atoms with Gasteiger partial charge in [0.2, 0.25) is 0 Å². The lowest BCUT2D eigenvalue weighted by molar-refractivity contribution is 0.142. The Morgan fingerprint density at radius 1 is 1.00 bits per heavy atom. The first-order chi connectivity index (χ1) is 11.8. The maximum Gasteiger partial charge on any atom is 0.101 e. The van der Waals surface area contributed by atoms with Gasteiger partial charge in [0.1, 0.15) is 5.03 Å². The fraction of sp³-hybridized carbons (Fsp3) is 0.421. The van der Waals surface area contributed by atoms with E-state index in [9.17, 15) is 0 Å². The highest BCUT2D eigenvalue weighted by Crippen LogP contribution is 2.26. The van der Waals surface area contributed by atoms with Crippen molar-refractivity contribution < 1.29 is 0 Å². The minimum atomic E-state index is 0.984. The van der Waals surface area contributed by atoms with Gasteiger partial charge in [0, 0.05) is 51.0 Å². The molecule has 5 heteroatoms. The van der Waals surface area contributed by atoms with Crippen molar-refractivity contribution in [2.75, 3.05) is 32.5 Å². The van der Waals surface area contributed by atoms with Crippen molar-refractivity contribution >= 4 is 21.0 Å². The number of piperazine rings is 1. The fourth-order valence-corrected chi connectivity index (χ4v) is 4.40. The van der Waals surface area contributed by atoms with Crippen molar-refractivity contribution in [1.29, 1.82) is 0 Å². The minimum absolute atomic E-state index is 0.984. The van der Waals surface area contributed by atoms with Gasteiger partial charge in [0.15, 0.2) is 0 Å². The van der Waals surface area contributed by atoms with Crippen LogP contribution in [-0.2, 0) is 12.3 Å². The molecule has 0 saturated carbocycles. The number of aryl methyl sites for hydroxylation is 1. The van der Waals surface area contributed by atoms with E-state index in [0.29, 0.717) is 0 Å².